The van der Waals surface area contributed by atoms with Gasteiger partial charge in [-0.15, -0.1) is 0 Å². The minimum Gasteiger partial charge on any atom is -0.462 e. The summed E-state index contributed by atoms with van der Waals surface area (Å²) in [5, 5.41) is 4.12. The Kier molecular flexibility index (Phi) is 6.67. The first-order chi connectivity index (χ1) is 15.2. The number of aromatic nitrogens is 3. The normalized spacial score (nSPS) is 10.6. The summed E-state index contributed by atoms with van der Waals surface area (Å²) in [5.74, 6) is -2.11. The Morgan fingerprint density at radius 1 is 1.03 bits per heavy atom. The Bertz CT molecular complexity index is 1240. The maximum absolute atomic E-state index is 12.6. The van der Waals surface area contributed by atoms with Crippen LogP contribution in [0.5, 0.6) is 0 Å². The Hall–Kier alpha value is -4.01. The highest BCUT2D eigenvalue weighted by atomic mass is 16.5. The number of nitrogens with one attached hydrogen (secondary N) is 1. The van der Waals surface area contributed by atoms with Crippen molar-refractivity contribution in [2.75, 3.05) is 13.2 Å². The van der Waals surface area contributed by atoms with Gasteiger partial charge in [0.1, 0.15) is 0 Å². The fraction of sp³-hybridized carbons (Fsp3) is 0.261. The second kappa shape index (κ2) is 9.42. The van der Waals surface area contributed by atoms with Crippen LogP contribution in [0.4, 0.5) is 0 Å². The Balaban J connectivity index is 1.80. The number of benzene rings is 1. The predicted molar refractivity (Wildman–Crippen MR) is 115 cm³/mol. The molecule has 2 heterocycles. The lowest BCUT2D eigenvalue weighted by molar-refractivity contribution is 0.0463. The third-order valence-electron chi connectivity index (χ3n) is 4.83. The molecule has 0 atom stereocenters. The average molecular weight is 437 g/mol. The van der Waals surface area contributed by atoms with Gasteiger partial charge in [-0.25, -0.2) is 14.3 Å². The molecule has 32 heavy (non-hydrogen) atoms. The number of carbonyl (C=O) groups excluding carboxylic acids is 3. The van der Waals surface area contributed by atoms with Gasteiger partial charge in [0, 0.05) is 17.5 Å². The zero-order chi connectivity index (χ0) is 23.4. The van der Waals surface area contributed by atoms with Crippen LogP contribution in [0.3, 0.4) is 0 Å². The number of aromatic amines is 1. The summed E-state index contributed by atoms with van der Waals surface area (Å²) in [4.78, 5) is 52.4. The van der Waals surface area contributed by atoms with Gasteiger partial charge in [0.2, 0.25) is 16.9 Å². The minimum atomic E-state index is -1.01. The van der Waals surface area contributed by atoms with Gasteiger partial charge in [0.25, 0.3) is 0 Å². The van der Waals surface area contributed by atoms with Gasteiger partial charge in [0.15, 0.2) is 6.61 Å². The highest BCUT2D eigenvalue weighted by molar-refractivity contribution is 6.03. The van der Waals surface area contributed by atoms with Crippen LogP contribution in [0, 0.1) is 20.8 Å². The monoisotopic (exact) mass is 437 g/mol. The molecule has 0 aliphatic heterocycles. The summed E-state index contributed by atoms with van der Waals surface area (Å²) < 4.78 is 11.5. The van der Waals surface area contributed by atoms with Crippen LogP contribution in [0.1, 0.15) is 55.2 Å². The van der Waals surface area contributed by atoms with Crippen molar-refractivity contribution in [3.8, 4) is 5.69 Å². The van der Waals surface area contributed by atoms with E-state index in [4.69, 9.17) is 9.47 Å². The largest absolute Gasteiger partial charge is 0.462 e. The van der Waals surface area contributed by atoms with Crippen molar-refractivity contribution in [1.82, 2.24) is 14.8 Å². The lowest BCUT2D eigenvalue weighted by atomic mass is 10.1. The number of hydrogen-bond acceptors (Lipinski definition) is 7. The van der Waals surface area contributed by atoms with Gasteiger partial charge in [0.05, 0.1) is 23.6 Å². The van der Waals surface area contributed by atoms with Gasteiger partial charge < -0.3 is 14.5 Å². The molecule has 3 rings (SSSR count). The van der Waals surface area contributed by atoms with Crippen LogP contribution >= 0.6 is 0 Å². The molecule has 2 aromatic heterocycles. The molecule has 3 aromatic rings. The van der Waals surface area contributed by atoms with E-state index in [1.54, 1.807) is 52.0 Å². The third-order valence-corrected chi connectivity index (χ3v) is 4.83. The molecule has 0 amide bonds. The van der Waals surface area contributed by atoms with Gasteiger partial charge in [-0.2, -0.15) is 5.10 Å². The molecule has 9 nitrogen and oxygen atoms in total. The van der Waals surface area contributed by atoms with E-state index >= 15 is 0 Å². The van der Waals surface area contributed by atoms with E-state index in [1.807, 2.05) is 6.07 Å². The lowest BCUT2D eigenvalue weighted by Gasteiger charge is -2.10. The molecule has 0 saturated heterocycles. The lowest BCUT2D eigenvalue weighted by Crippen LogP contribution is -2.26. The Morgan fingerprint density at radius 3 is 2.38 bits per heavy atom. The van der Waals surface area contributed by atoms with Crippen LogP contribution in [0.15, 0.2) is 41.2 Å². The van der Waals surface area contributed by atoms with Crippen LogP contribution < -0.4 is 5.43 Å². The van der Waals surface area contributed by atoms with E-state index in [0.717, 1.165) is 0 Å². The Labute approximate surface area is 184 Å². The van der Waals surface area contributed by atoms with Gasteiger partial charge in [-0.1, -0.05) is 18.2 Å². The topological polar surface area (TPSA) is 120 Å². The molecule has 166 valence electrons. The van der Waals surface area contributed by atoms with Crippen LogP contribution in [0.2, 0.25) is 0 Å². The highest BCUT2D eigenvalue weighted by Crippen LogP contribution is 2.19. The SMILES string of the molecule is CCOC(=O)c1c(C)[nH]c(C(=O)COC(=O)c2nn(-c3ccccc3)c(C)cc2=O)c1C. The first kappa shape index (κ1) is 22.7. The smallest absolute Gasteiger partial charge is 0.363 e. The first-order valence-corrected chi connectivity index (χ1v) is 9.97. The number of Topliss-reactive ketones (excluding diaryl/α,β-unsaturated/α-hetero) is 1. The van der Waals surface area contributed by atoms with Gasteiger partial charge in [-0.05, 0) is 45.4 Å². The number of aryl methyl sites for hydroxylation is 2. The predicted octanol–water partition coefficient (Wildman–Crippen LogP) is 2.70. The second-order valence-corrected chi connectivity index (χ2v) is 7.09. The summed E-state index contributed by atoms with van der Waals surface area (Å²) in [6.45, 7) is 6.20. The zero-order valence-electron chi connectivity index (χ0n) is 18.2. The summed E-state index contributed by atoms with van der Waals surface area (Å²) in [6, 6.07) is 10.3. The summed E-state index contributed by atoms with van der Waals surface area (Å²) in [5.41, 5.74) is 1.45. The molecule has 0 bridgehead atoms. The number of para-hydroxylation sites is 1. The Morgan fingerprint density at radius 2 is 1.72 bits per heavy atom. The van der Waals surface area contributed by atoms with Crippen LogP contribution in [-0.2, 0) is 9.47 Å². The van der Waals surface area contributed by atoms with Crippen molar-refractivity contribution < 1.29 is 23.9 Å². The highest BCUT2D eigenvalue weighted by Gasteiger charge is 2.24. The quantitative estimate of drug-likeness (QED) is 0.446. The van der Waals surface area contributed by atoms with Crippen molar-refractivity contribution in [3.63, 3.8) is 0 Å². The molecule has 0 radical (unpaired) electrons. The molecular weight excluding hydrogens is 414 g/mol. The fourth-order valence-electron chi connectivity index (χ4n) is 3.33. The van der Waals surface area contributed by atoms with Crippen molar-refractivity contribution >= 4 is 17.7 Å². The molecule has 0 unspecified atom stereocenters. The molecule has 0 aliphatic carbocycles. The van der Waals surface area contributed by atoms with Crippen molar-refractivity contribution in [3.05, 3.63) is 80.5 Å². The van der Waals surface area contributed by atoms with Gasteiger partial charge in [-0.3, -0.25) is 9.59 Å². The molecule has 1 N–H and O–H groups in total. The van der Waals surface area contributed by atoms with E-state index in [9.17, 15) is 19.2 Å². The van der Waals surface area contributed by atoms with Crippen molar-refractivity contribution in [2.24, 2.45) is 0 Å². The number of ether oxygens (including phenoxy) is 2. The molecular formula is C23H23N3O6. The van der Waals surface area contributed by atoms with E-state index in [2.05, 4.69) is 10.1 Å². The standard InChI is InChI=1S/C23H23N3O6/c1-5-31-22(29)19-14(3)20(24-15(19)4)18(28)12-32-23(30)21-17(27)11-13(2)26(25-21)16-9-7-6-8-10-16/h6-11,24H,5,12H2,1-4H3. The molecule has 0 saturated carbocycles. The van der Waals surface area contributed by atoms with E-state index in [-0.39, 0.29) is 17.9 Å². The summed E-state index contributed by atoms with van der Waals surface area (Å²) in [7, 11) is 0. The van der Waals surface area contributed by atoms with Crippen molar-refractivity contribution in [2.45, 2.75) is 27.7 Å². The van der Waals surface area contributed by atoms with E-state index in [0.29, 0.717) is 22.6 Å². The summed E-state index contributed by atoms with van der Waals surface area (Å²) in [6.07, 6.45) is 0. The first-order valence-electron chi connectivity index (χ1n) is 9.97. The molecule has 9 heteroatoms. The van der Waals surface area contributed by atoms with Crippen LogP contribution in [0.25, 0.3) is 5.69 Å². The number of ketones is 1. The maximum atomic E-state index is 12.6. The number of carbonyl (C=O) groups is 3. The number of esters is 2. The fourth-order valence-corrected chi connectivity index (χ4v) is 3.33. The van der Waals surface area contributed by atoms with Crippen LogP contribution in [-0.4, -0.2) is 45.7 Å². The molecule has 0 fully saturated rings. The number of hydrogen-bond donors (Lipinski definition) is 1. The molecule has 0 aliphatic rings. The zero-order valence-corrected chi connectivity index (χ0v) is 18.2. The number of rotatable bonds is 7. The van der Waals surface area contributed by atoms with E-state index < -0.39 is 35.5 Å². The van der Waals surface area contributed by atoms with E-state index in [1.165, 1.54) is 10.7 Å². The minimum absolute atomic E-state index is 0.136. The second-order valence-electron chi connectivity index (χ2n) is 7.09. The molecule has 0 spiro atoms. The van der Waals surface area contributed by atoms with Gasteiger partial charge >= 0.3 is 11.9 Å². The maximum Gasteiger partial charge on any atom is 0.363 e. The summed E-state index contributed by atoms with van der Waals surface area (Å²) >= 11 is 0. The van der Waals surface area contributed by atoms with Crippen molar-refractivity contribution in [1.29, 1.82) is 0 Å². The average Bonchev–Trinajstić information content (AvgIpc) is 3.06. The molecule has 1 aromatic carbocycles. The number of nitrogens with zero attached hydrogens (tertiary/aromatic N) is 2. The number of H-pyrrole nitrogens is 1. The third kappa shape index (κ3) is 4.51.